The number of rotatable bonds is 4. The largest absolute Gasteiger partial charge is 0.342 e. The maximum absolute atomic E-state index is 11.9. The van der Waals surface area contributed by atoms with Gasteiger partial charge in [0.05, 0.1) is 0 Å². The molecule has 0 spiro atoms. The van der Waals surface area contributed by atoms with Crippen LogP contribution in [-0.4, -0.2) is 41.9 Å². The van der Waals surface area contributed by atoms with Gasteiger partial charge in [0.25, 0.3) is 0 Å². The van der Waals surface area contributed by atoms with Crippen molar-refractivity contribution in [3.63, 3.8) is 0 Å². The third-order valence-electron chi connectivity index (χ3n) is 4.00. The molecule has 1 saturated heterocycles. The minimum atomic E-state index is 0.342. The van der Waals surface area contributed by atoms with E-state index in [0.29, 0.717) is 23.8 Å². The van der Waals surface area contributed by atoms with Gasteiger partial charge in [0.1, 0.15) is 0 Å². The van der Waals surface area contributed by atoms with Gasteiger partial charge in [-0.2, -0.15) is 11.8 Å². The summed E-state index contributed by atoms with van der Waals surface area (Å²) in [7, 11) is 0. The number of nitrogens with two attached hydrogens (primary N) is 1. The summed E-state index contributed by atoms with van der Waals surface area (Å²) in [5.41, 5.74) is 6.06. The number of carbonyl (C=O) groups is 1. The van der Waals surface area contributed by atoms with Gasteiger partial charge in [-0.25, -0.2) is 0 Å². The third-order valence-corrected chi connectivity index (χ3v) is 4.70. The van der Waals surface area contributed by atoms with Crippen LogP contribution in [0, 0.1) is 11.8 Å². The maximum atomic E-state index is 11.9. The highest BCUT2D eigenvalue weighted by atomic mass is 32.2. The third kappa shape index (κ3) is 2.54. The lowest BCUT2D eigenvalue weighted by Gasteiger charge is -2.18. The summed E-state index contributed by atoms with van der Waals surface area (Å²) in [5.74, 6) is 2.71. The highest BCUT2D eigenvalue weighted by Gasteiger charge is 2.42. The van der Waals surface area contributed by atoms with E-state index in [9.17, 15) is 4.79 Å². The molecular weight excluding hydrogens is 220 g/mol. The van der Waals surface area contributed by atoms with Crippen molar-refractivity contribution in [2.75, 3.05) is 25.1 Å². The summed E-state index contributed by atoms with van der Waals surface area (Å²) in [6.07, 6.45) is 6.20. The first-order chi connectivity index (χ1) is 7.72. The Morgan fingerprint density at radius 2 is 2.25 bits per heavy atom. The van der Waals surface area contributed by atoms with Crippen molar-refractivity contribution in [1.29, 1.82) is 0 Å². The van der Waals surface area contributed by atoms with Crippen molar-refractivity contribution in [2.45, 2.75) is 31.7 Å². The van der Waals surface area contributed by atoms with Crippen LogP contribution in [0.1, 0.15) is 25.7 Å². The summed E-state index contributed by atoms with van der Waals surface area (Å²) in [6, 6.07) is 0.342. The van der Waals surface area contributed by atoms with Crippen LogP contribution in [0.2, 0.25) is 0 Å². The van der Waals surface area contributed by atoms with Crippen LogP contribution < -0.4 is 5.73 Å². The zero-order valence-electron chi connectivity index (χ0n) is 10.0. The fourth-order valence-corrected chi connectivity index (χ4v) is 3.47. The molecular formula is C12H22N2OS. The molecule has 0 aromatic heterocycles. The smallest absolute Gasteiger partial charge is 0.222 e. The minimum absolute atomic E-state index is 0.342. The highest BCUT2D eigenvalue weighted by Crippen LogP contribution is 2.37. The Kier molecular flexibility index (Phi) is 4.14. The van der Waals surface area contributed by atoms with E-state index in [-0.39, 0.29) is 0 Å². The van der Waals surface area contributed by atoms with Gasteiger partial charge in [-0.15, -0.1) is 0 Å². The summed E-state index contributed by atoms with van der Waals surface area (Å²) in [6.45, 7) is 1.89. The van der Waals surface area contributed by atoms with Crippen LogP contribution in [0.5, 0.6) is 0 Å². The van der Waals surface area contributed by atoms with Gasteiger partial charge < -0.3 is 10.6 Å². The van der Waals surface area contributed by atoms with E-state index >= 15 is 0 Å². The number of fused-ring (bicyclic) bond motifs is 1. The molecule has 16 heavy (non-hydrogen) atoms. The molecule has 4 heteroatoms. The number of amides is 1. The molecule has 1 aliphatic heterocycles. The molecule has 3 atom stereocenters. The van der Waals surface area contributed by atoms with Crippen LogP contribution in [0.15, 0.2) is 0 Å². The van der Waals surface area contributed by atoms with E-state index < -0.39 is 0 Å². The molecule has 1 heterocycles. The highest BCUT2D eigenvalue weighted by molar-refractivity contribution is 7.98. The topological polar surface area (TPSA) is 46.3 Å². The normalized spacial score (nSPS) is 33.1. The molecule has 0 bridgehead atoms. The van der Waals surface area contributed by atoms with Crippen molar-refractivity contribution in [2.24, 2.45) is 17.6 Å². The van der Waals surface area contributed by atoms with Crippen molar-refractivity contribution in [1.82, 2.24) is 4.90 Å². The van der Waals surface area contributed by atoms with E-state index in [1.165, 1.54) is 6.42 Å². The molecule has 1 saturated carbocycles. The molecule has 0 aromatic carbocycles. The van der Waals surface area contributed by atoms with Crippen molar-refractivity contribution in [3.05, 3.63) is 0 Å². The van der Waals surface area contributed by atoms with E-state index in [2.05, 4.69) is 11.2 Å². The Labute approximate surface area is 102 Å². The van der Waals surface area contributed by atoms with Crippen LogP contribution in [-0.2, 0) is 4.79 Å². The minimum Gasteiger partial charge on any atom is -0.342 e. The summed E-state index contributed by atoms with van der Waals surface area (Å²) >= 11 is 1.81. The molecule has 3 nitrogen and oxygen atoms in total. The lowest BCUT2D eigenvalue weighted by molar-refractivity contribution is -0.130. The Balaban J connectivity index is 1.78. The first-order valence-electron chi connectivity index (χ1n) is 6.24. The van der Waals surface area contributed by atoms with Crippen molar-refractivity contribution >= 4 is 17.7 Å². The lowest BCUT2D eigenvalue weighted by Crippen LogP contribution is -2.33. The molecule has 2 aliphatic rings. The number of hydrogen-bond donors (Lipinski definition) is 1. The molecule has 0 aromatic rings. The van der Waals surface area contributed by atoms with Gasteiger partial charge in [0.2, 0.25) is 5.91 Å². The summed E-state index contributed by atoms with van der Waals surface area (Å²) < 4.78 is 0. The molecule has 2 rings (SSSR count). The predicted octanol–water partition coefficient (Wildman–Crippen LogP) is 1.33. The number of hydrogen-bond acceptors (Lipinski definition) is 3. The average molecular weight is 242 g/mol. The fourth-order valence-electron chi connectivity index (χ4n) is 3.04. The molecule has 0 radical (unpaired) electrons. The van der Waals surface area contributed by atoms with Gasteiger partial charge in [-0.05, 0) is 43.1 Å². The zero-order chi connectivity index (χ0) is 11.5. The molecule has 1 amide bonds. The Morgan fingerprint density at radius 1 is 1.44 bits per heavy atom. The Morgan fingerprint density at radius 3 is 2.94 bits per heavy atom. The molecule has 1 aliphatic carbocycles. The number of thioether (sulfide) groups is 1. The fraction of sp³-hybridized carbons (Fsp3) is 0.917. The first-order valence-corrected chi connectivity index (χ1v) is 7.64. The maximum Gasteiger partial charge on any atom is 0.222 e. The lowest BCUT2D eigenvalue weighted by atomic mass is 9.98. The van der Waals surface area contributed by atoms with Crippen LogP contribution in [0.3, 0.4) is 0 Å². The van der Waals surface area contributed by atoms with E-state index in [1.54, 1.807) is 0 Å². The second-order valence-electron chi connectivity index (χ2n) is 5.06. The van der Waals surface area contributed by atoms with E-state index in [4.69, 9.17) is 5.73 Å². The second-order valence-corrected chi connectivity index (χ2v) is 6.05. The van der Waals surface area contributed by atoms with Gasteiger partial charge in [0, 0.05) is 25.6 Å². The first kappa shape index (κ1) is 12.2. The molecule has 3 unspecified atom stereocenters. The standard InChI is InChI=1S/C12H22N2OS/c1-16-6-2-3-12(15)14-7-9-4-5-11(13)10(9)8-14/h9-11H,2-8,13H2,1H3. The number of carbonyl (C=O) groups excluding carboxylic acids is 1. The number of likely N-dealkylation sites (tertiary alicyclic amines) is 1. The summed E-state index contributed by atoms with van der Waals surface area (Å²) in [5, 5.41) is 0. The van der Waals surface area contributed by atoms with Gasteiger partial charge in [-0.1, -0.05) is 0 Å². The predicted molar refractivity (Wildman–Crippen MR) is 68.4 cm³/mol. The number of nitrogens with zero attached hydrogens (tertiary/aromatic N) is 1. The van der Waals surface area contributed by atoms with E-state index in [1.807, 2.05) is 11.8 Å². The molecule has 2 fully saturated rings. The average Bonchev–Trinajstić information content (AvgIpc) is 2.82. The SMILES string of the molecule is CSCCCC(=O)N1CC2CCC(N)C2C1. The van der Waals surface area contributed by atoms with Gasteiger partial charge in [-0.3, -0.25) is 4.79 Å². The monoisotopic (exact) mass is 242 g/mol. The van der Waals surface area contributed by atoms with Crippen LogP contribution in [0.4, 0.5) is 0 Å². The van der Waals surface area contributed by atoms with Crippen molar-refractivity contribution < 1.29 is 4.79 Å². The zero-order valence-corrected chi connectivity index (χ0v) is 10.8. The van der Waals surface area contributed by atoms with Crippen LogP contribution in [0.25, 0.3) is 0 Å². The van der Waals surface area contributed by atoms with Crippen molar-refractivity contribution in [3.8, 4) is 0 Å². The second kappa shape index (κ2) is 5.41. The molecule has 2 N–H and O–H groups in total. The molecule has 92 valence electrons. The van der Waals surface area contributed by atoms with Gasteiger partial charge >= 0.3 is 0 Å². The summed E-state index contributed by atoms with van der Waals surface area (Å²) in [4.78, 5) is 14.0. The Bertz CT molecular complexity index is 259. The van der Waals surface area contributed by atoms with Crippen LogP contribution >= 0.6 is 11.8 Å². The van der Waals surface area contributed by atoms with E-state index in [0.717, 1.165) is 38.1 Å². The Hall–Kier alpha value is -0.220. The quantitative estimate of drug-likeness (QED) is 0.756. The van der Waals surface area contributed by atoms with Gasteiger partial charge in [0.15, 0.2) is 0 Å².